The number of guanidine groups is 1. The zero-order valence-electron chi connectivity index (χ0n) is 16.9. The molecule has 1 amide bonds. The molecule has 6 nitrogen and oxygen atoms in total. The van der Waals surface area contributed by atoms with Gasteiger partial charge in [0.05, 0.1) is 5.01 Å². The number of carbonyl (C=O) groups is 1. The molecule has 27 heavy (non-hydrogen) atoms. The van der Waals surface area contributed by atoms with Crippen LogP contribution in [0.5, 0.6) is 0 Å². The van der Waals surface area contributed by atoms with Crippen molar-refractivity contribution in [3.8, 4) is 0 Å². The standard InChI is InChI=1S/C19H33N5OS.HI/c1-5-16-12-22-17(26-16)9-10-21-19(20-4)24-15-8-6-7-14(11-15)18(25)23-13(2)3;/h12-15H,5-11H2,1-4H3,(H,23,25)(H2,20,21,24);1H. The summed E-state index contributed by atoms with van der Waals surface area (Å²) >= 11 is 1.78. The van der Waals surface area contributed by atoms with Gasteiger partial charge in [0.25, 0.3) is 0 Å². The van der Waals surface area contributed by atoms with E-state index in [0.29, 0.717) is 6.04 Å². The molecule has 1 fully saturated rings. The number of carbonyl (C=O) groups excluding carboxylic acids is 1. The van der Waals surface area contributed by atoms with Crippen molar-refractivity contribution in [1.29, 1.82) is 0 Å². The van der Waals surface area contributed by atoms with Crippen LogP contribution in [0, 0.1) is 5.92 Å². The van der Waals surface area contributed by atoms with Crippen molar-refractivity contribution in [2.45, 2.75) is 71.4 Å². The summed E-state index contributed by atoms with van der Waals surface area (Å²) in [5.41, 5.74) is 0. The molecule has 0 aliphatic heterocycles. The summed E-state index contributed by atoms with van der Waals surface area (Å²) in [4.78, 5) is 22.4. The third-order valence-corrected chi connectivity index (χ3v) is 5.82. The van der Waals surface area contributed by atoms with Crippen LogP contribution in [0.25, 0.3) is 0 Å². The van der Waals surface area contributed by atoms with Crippen LogP contribution in [0.4, 0.5) is 0 Å². The Morgan fingerprint density at radius 2 is 2.19 bits per heavy atom. The molecule has 0 aromatic carbocycles. The summed E-state index contributed by atoms with van der Waals surface area (Å²) < 4.78 is 0. The molecule has 154 valence electrons. The largest absolute Gasteiger partial charge is 0.356 e. The normalized spacial score (nSPS) is 20.1. The lowest BCUT2D eigenvalue weighted by molar-refractivity contribution is -0.126. The van der Waals surface area contributed by atoms with Crippen LogP contribution >= 0.6 is 35.3 Å². The number of rotatable bonds is 7. The van der Waals surface area contributed by atoms with Crippen molar-refractivity contribution >= 4 is 47.2 Å². The molecule has 1 saturated carbocycles. The van der Waals surface area contributed by atoms with Crippen LogP contribution in [0.3, 0.4) is 0 Å². The lowest BCUT2D eigenvalue weighted by atomic mass is 9.85. The van der Waals surface area contributed by atoms with E-state index in [9.17, 15) is 4.79 Å². The van der Waals surface area contributed by atoms with E-state index >= 15 is 0 Å². The maximum atomic E-state index is 12.3. The zero-order chi connectivity index (χ0) is 18.9. The minimum absolute atomic E-state index is 0. The Labute approximate surface area is 184 Å². The Morgan fingerprint density at radius 1 is 1.41 bits per heavy atom. The highest BCUT2D eigenvalue weighted by molar-refractivity contribution is 14.0. The fourth-order valence-electron chi connectivity index (χ4n) is 3.26. The average molecular weight is 507 g/mol. The fourth-order valence-corrected chi connectivity index (χ4v) is 4.13. The lowest BCUT2D eigenvalue weighted by Crippen LogP contribution is -2.47. The van der Waals surface area contributed by atoms with Gasteiger partial charge in [-0.3, -0.25) is 9.79 Å². The van der Waals surface area contributed by atoms with Crippen molar-refractivity contribution in [1.82, 2.24) is 20.9 Å². The second kappa shape index (κ2) is 12.5. The van der Waals surface area contributed by atoms with Crippen molar-refractivity contribution in [2.24, 2.45) is 10.9 Å². The SMILES string of the molecule is CCc1cnc(CCNC(=NC)NC2CCCC(C(=O)NC(C)C)C2)s1.I. The minimum atomic E-state index is 0. The number of nitrogens with one attached hydrogen (secondary N) is 3. The highest BCUT2D eigenvalue weighted by atomic mass is 127. The topological polar surface area (TPSA) is 78.4 Å². The summed E-state index contributed by atoms with van der Waals surface area (Å²) in [6.45, 7) is 6.97. The number of aryl methyl sites for hydroxylation is 1. The van der Waals surface area contributed by atoms with Gasteiger partial charge >= 0.3 is 0 Å². The van der Waals surface area contributed by atoms with E-state index in [4.69, 9.17) is 0 Å². The van der Waals surface area contributed by atoms with Gasteiger partial charge in [0.2, 0.25) is 5.91 Å². The van der Waals surface area contributed by atoms with Crippen LogP contribution < -0.4 is 16.0 Å². The molecule has 2 unspecified atom stereocenters. The quantitative estimate of drug-likeness (QED) is 0.301. The maximum Gasteiger partial charge on any atom is 0.223 e. The van der Waals surface area contributed by atoms with Gasteiger partial charge in [0.15, 0.2) is 5.96 Å². The van der Waals surface area contributed by atoms with Crippen molar-refractivity contribution in [3.63, 3.8) is 0 Å². The summed E-state index contributed by atoms with van der Waals surface area (Å²) in [5.74, 6) is 1.10. The van der Waals surface area contributed by atoms with Crippen LogP contribution in [-0.4, -0.2) is 42.5 Å². The first-order chi connectivity index (χ1) is 12.5. The van der Waals surface area contributed by atoms with Crippen molar-refractivity contribution < 1.29 is 4.79 Å². The molecule has 2 rings (SSSR count). The average Bonchev–Trinajstić information content (AvgIpc) is 3.08. The molecule has 1 aliphatic carbocycles. The second-order valence-corrected chi connectivity index (χ2v) is 8.39. The van der Waals surface area contributed by atoms with Gasteiger partial charge in [-0.2, -0.15) is 0 Å². The summed E-state index contributed by atoms with van der Waals surface area (Å²) in [6, 6.07) is 0.494. The molecule has 1 aromatic rings. The molecule has 1 heterocycles. The Morgan fingerprint density at radius 3 is 2.81 bits per heavy atom. The van der Waals surface area contributed by atoms with E-state index in [0.717, 1.165) is 56.0 Å². The summed E-state index contributed by atoms with van der Waals surface area (Å²) in [5, 5.41) is 11.1. The number of hydrogen-bond acceptors (Lipinski definition) is 4. The van der Waals surface area contributed by atoms with E-state index in [2.05, 4.69) is 32.9 Å². The number of hydrogen-bond donors (Lipinski definition) is 3. The molecule has 2 atom stereocenters. The van der Waals surface area contributed by atoms with Gasteiger partial charge in [0.1, 0.15) is 0 Å². The Kier molecular flexibility index (Phi) is 11.2. The molecule has 8 heteroatoms. The molecule has 0 spiro atoms. The molecule has 1 aromatic heterocycles. The van der Waals surface area contributed by atoms with Gasteiger partial charge in [-0.1, -0.05) is 13.3 Å². The van der Waals surface area contributed by atoms with Crippen LogP contribution in [0.15, 0.2) is 11.2 Å². The monoisotopic (exact) mass is 507 g/mol. The molecule has 0 radical (unpaired) electrons. The summed E-state index contributed by atoms with van der Waals surface area (Å²) in [7, 11) is 1.79. The third-order valence-electron chi connectivity index (χ3n) is 4.62. The third kappa shape index (κ3) is 8.33. The number of aliphatic imine (C=N–C) groups is 1. The van der Waals surface area contributed by atoms with E-state index in [-0.39, 0.29) is 41.8 Å². The molecule has 0 bridgehead atoms. The van der Waals surface area contributed by atoms with Gasteiger partial charge in [0, 0.05) is 49.1 Å². The first-order valence-electron chi connectivity index (χ1n) is 9.73. The highest BCUT2D eigenvalue weighted by Gasteiger charge is 2.27. The van der Waals surface area contributed by atoms with E-state index in [1.165, 1.54) is 4.88 Å². The van der Waals surface area contributed by atoms with Gasteiger partial charge in [-0.05, 0) is 39.5 Å². The number of aromatic nitrogens is 1. The van der Waals surface area contributed by atoms with E-state index in [1.807, 2.05) is 20.0 Å². The van der Waals surface area contributed by atoms with Crippen molar-refractivity contribution in [3.05, 3.63) is 16.1 Å². The Bertz CT molecular complexity index is 605. The van der Waals surface area contributed by atoms with Crippen LogP contribution in [0.2, 0.25) is 0 Å². The van der Waals surface area contributed by atoms with Crippen LogP contribution in [-0.2, 0) is 17.6 Å². The second-order valence-electron chi connectivity index (χ2n) is 7.19. The zero-order valence-corrected chi connectivity index (χ0v) is 20.0. The first-order valence-corrected chi connectivity index (χ1v) is 10.5. The van der Waals surface area contributed by atoms with Gasteiger partial charge in [-0.15, -0.1) is 35.3 Å². The van der Waals surface area contributed by atoms with Gasteiger partial charge < -0.3 is 16.0 Å². The van der Waals surface area contributed by atoms with Gasteiger partial charge in [-0.25, -0.2) is 4.98 Å². The van der Waals surface area contributed by atoms with Crippen molar-refractivity contribution in [2.75, 3.05) is 13.6 Å². The lowest BCUT2D eigenvalue weighted by Gasteiger charge is -2.30. The molecular formula is C19H34IN5OS. The van der Waals surface area contributed by atoms with Crippen LogP contribution in [0.1, 0.15) is 56.3 Å². The predicted molar refractivity (Wildman–Crippen MR) is 124 cm³/mol. The Balaban J connectivity index is 0.00000364. The summed E-state index contributed by atoms with van der Waals surface area (Å²) in [6.07, 6.45) is 7.91. The number of nitrogens with zero attached hydrogens (tertiary/aromatic N) is 2. The Hall–Kier alpha value is -0.900. The molecule has 0 saturated heterocycles. The maximum absolute atomic E-state index is 12.3. The fraction of sp³-hybridized carbons (Fsp3) is 0.737. The number of thiazole rings is 1. The minimum Gasteiger partial charge on any atom is -0.356 e. The van der Waals surface area contributed by atoms with E-state index in [1.54, 1.807) is 18.4 Å². The first kappa shape index (κ1) is 24.1. The number of amides is 1. The molecule has 3 N–H and O–H groups in total. The molecule has 1 aliphatic rings. The smallest absolute Gasteiger partial charge is 0.223 e. The highest BCUT2D eigenvalue weighted by Crippen LogP contribution is 2.24. The number of halogens is 1. The predicted octanol–water partition coefficient (Wildman–Crippen LogP) is 3.11. The molecular weight excluding hydrogens is 473 g/mol. The van der Waals surface area contributed by atoms with E-state index < -0.39 is 0 Å².